The van der Waals surface area contributed by atoms with E-state index in [0.717, 1.165) is 31.2 Å². The van der Waals surface area contributed by atoms with Crippen molar-refractivity contribution in [2.75, 3.05) is 0 Å². The summed E-state index contributed by atoms with van der Waals surface area (Å²) in [5, 5.41) is 16.6. The van der Waals surface area contributed by atoms with Crippen molar-refractivity contribution in [3.63, 3.8) is 0 Å². The number of hydrogen-bond donors (Lipinski definition) is 2. The van der Waals surface area contributed by atoms with Crippen molar-refractivity contribution in [3.8, 4) is 0 Å². The molecule has 1 saturated carbocycles. The molecule has 4 heteroatoms. The number of aliphatic hydroxyl groups is 1. The minimum atomic E-state index is -0.361. The van der Waals surface area contributed by atoms with Gasteiger partial charge in [0.2, 0.25) is 5.91 Å². The average Bonchev–Trinajstić information content (AvgIpc) is 2.74. The SMILES string of the molecule is O=C(Cc1ccsc1)N[C@@H]1CCCC[C@H]1O. The van der Waals surface area contributed by atoms with Crippen molar-refractivity contribution < 1.29 is 9.90 Å². The molecule has 2 N–H and O–H groups in total. The van der Waals surface area contributed by atoms with Gasteiger partial charge < -0.3 is 10.4 Å². The molecule has 0 bridgehead atoms. The van der Waals surface area contributed by atoms with Crippen molar-refractivity contribution in [2.24, 2.45) is 0 Å². The van der Waals surface area contributed by atoms with Crippen LogP contribution in [0.1, 0.15) is 31.2 Å². The third-order valence-electron chi connectivity index (χ3n) is 3.02. The second-order valence-corrected chi connectivity index (χ2v) is 5.11. The number of amides is 1. The van der Waals surface area contributed by atoms with Gasteiger partial charge in [0.1, 0.15) is 0 Å². The Balaban J connectivity index is 1.82. The van der Waals surface area contributed by atoms with E-state index in [4.69, 9.17) is 0 Å². The predicted molar refractivity (Wildman–Crippen MR) is 64.4 cm³/mol. The fourth-order valence-corrected chi connectivity index (χ4v) is 2.78. The number of rotatable bonds is 3. The Morgan fingerprint density at radius 1 is 1.50 bits per heavy atom. The first-order valence-corrected chi connectivity index (χ1v) is 6.68. The van der Waals surface area contributed by atoms with Gasteiger partial charge in [0.05, 0.1) is 18.6 Å². The second kappa shape index (κ2) is 5.46. The van der Waals surface area contributed by atoms with Crippen LogP contribution in [0.15, 0.2) is 16.8 Å². The summed E-state index contributed by atoms with van der Waals surface area (Å²) in [6.45, 7) is 0. The van der Waals surface area contributed by atoms with Gasteiger partial charge in [-0.3, -0.25) is 4.79 Å². The zero-order chi connectivity index (χ0) is 11.4. The molecule has 0 saturated heterocycles. The van der Waals surface area contributed by atoms with Gasteiger partial charge in [-0.05, 0) is 35.2 Å². The number of thiophene rings is 1. The molecular weight excluding hydrogens is 222 g/mol. The van der Waals surface area contributed by atoms with Crippen LogP contribution in [0.5, 0.6) is 0 Å². The van der Waals surface area contributed by atoms with Crippen molar-refractivity contribution in [1.29, 1.82) is 0 Å². The molecule has 88 valence electrons. The van der Waals surface area contributed by atoms with Crippen molar-refractivity contribution in [1.82, 2.24) is 5.32 Å². The lowest BCUT2D eigenvalue weighted by atomic mass is 9.92. The number of hydrogen-bond acceptors (Lipinski definition) is 3. The van der Waals surface area contributed by atoms with E-state index in [1.165, 1.54) is 0 Å². The smallest absolute Gasteiger partial charge is 0.224 e. The molecule has 0 radical (unpaired) electrons. The molecule has 0 spiro atoms. The van der Waals surface area contributed by atoms with Crippen molar-refractivity contribution in [2.45, 2.75) is 44.2 Å². The van der Waals surface area contributed by atoms with E-state index >= 15 is 0 Å². The quantitative estimate of drug-likeness (QED) is 0.843. The third kappa shape index (κ3) is 3.06. The predicted octanol–water partition coefficient (Wildman–Crippen LogP) is 1.71. The van der Waals surface area contributed by atoms with E-state index < -0.39 is 0 Å². The van der Waals surface area contributed by atoms with Crippen molar-refractivity contribution >= 4 is 17.2 Å². The van der Waals surface area contributed by atoms with Crippen LogP contribution in [-0.4, -0.2) is 23.2 Å². The molecule has 1 heterocycles. The molecule has 2 rings (SSSR count). The van der Waals surface area contributed by atoms with Crippen LogP contribution in [0.3, 0.4) is 0 Å². The van der Waals surface area contributed by atoms with E-state index in [9.17, 15) is 9.90 Å². The fourth-order valence-electron chi connectivity index (χ4n) is 2.12. The zero-order valence-electron chi connectivity index (χ0n) is 9.19. The standard InChI is InChI=1S/C12H17NO2S/c14-11-4-2-1-3-10(11)13-12(15)7-9-5-6-16-8-9/h5-6,8,10-11,14H,1-4,7H2,(H,13,15)/t10-,11-/m1/s1. The topological polar surface area (TPSA) is 49.3 Å². The van der Waals surface area contributed by atoms with Gasteiger partial charge in [-0.1, -0.05) is 12.8 Å². The third-order valence-corrected chi connectivity index (χ3v) is 3.75. The van der Waals surface area contributed by atoms with Gasteiger partial charge in [0.25, 0.3) is 0 Å². The summed E-state index contributed by atoms with van der Waals surface area (Å²) in [4.78, 5) is 11.7. The molecule has 1 fully saturated rings. The maximum Gasteiger partial charge on any atom is 0.224 e. The first kappa shape index (κ1) is 11.6. The lowest BCUT2D eigenvalue weighted by Crippen LogP contribution is -2.45. The highest BCUT2D eigenvalue weighted by Gasteiger charge is 2.24. The summed E-state index contributed by atoms with van der Waals surface area (Å²) < 4.78 is 0. The summed E-state index contributed by atoms with van der Waals surface area (Å²) in [7, 11) is 0. The second-order valence-electron chi connectivity index (χ2n) is 4.33. The van der Waals surface area contributed by atoms with Crippen LogP contribution in [0, 0.1) is 0 Å². The largest absolute Gasteiger partial charge is 0.391 e. The minimum Gasteiger partial charge on any atom is -0.391 e. The van der Waals surface area contributed by atoms with Crippen LogP contribution >= 0.6 is 11.3 Å². The van der Waals surface area contributed by atoms with Gasteiger partial charge >= 0.3 is 0 Å². The van der Waals surface area contributed by atoms with Crippen LogP contribution in [0.25, 0.3) is 0 Å². The summed E-state index contributed by atoms with van der Waals surface area (Å²) in [5.74, 6) is 0.0179. The molecule has 1 aromatic heterocycles. The first-order valence-electron chi connectivity index (χ1n) is 5.74. The Morgan fingerprint density at radius 3 is 3.00 bits per heavy atom. The van der Waals surface area contributed by atoms with Crippen LogP contribution in [0.2, 0.25) is 0 Å². The monoisotopic (exact) mass is 239 g/mol. The molecule has 0 unspecified atom stereocenters. The molecule has 1 aliphatic rings. The molecule has 1 aliphatic carbocycles. The first-order chi connectivity index (χ1) is 7.75. The fraction of sp³-hybridized carbons (Fsp3) is 0.583. The molecule has 0 aliphatic heterocycles. The average molecular weight is 239 g/mol. The number of nitrogens with one attached hydrogen (secondary N) is 1. The molecule has 16 heavy (non-hydrogen) atoms. The Kier molecular flexibility index (Phi) is 3.96. The maximum absolute atomic E-state index is 11.7. The Hall–Kier alpha value is -0.870. The number of carbonyl (C=O) groups is 1. The lowest BCUT2D eigenvalue weighted by molar-refractivity contribution is -0.122. The number of aliphatic hydroxyl groups excluding tert-OH is 1. The summed E-state index contributed by atoms with van der Waals surface area (Å²) in [6, 6.07) is 1.92. The zero-order valence-corrected chi connectivity index (χ0v) is 10.0. The van der Waals surface area contributed by atoms with E-state index in [1.54, 1.807) is 11.3 Å². The molecule has 2 atom stereocenters. The van der Waals surface area contributed by atoms with E-state index in [1.807, 2.05) is 16.8 Å². The Morgan fingerprint density at radius 2 is 2.31 bits per heavy atom. The highest BCUT2D eigenvalue weighted by molar-refractivity contribution is 7.07. The van der Waals surface area contributed by atoms with E-state index in [-0.39, 0.29) is 18.1 Å². The summed E-state index contributed by atoms with van der Waals surface area (Å²) in [5.41, 5.74) is 1.05. The van der Waals surface area contributed by atoms with E-state index in [2.05, 4.69) is 5.32 Å². The minimum absolute atomic E-state index is 0.0179. The molecule has 3 nitrogen and oxygen atoms in total. The number of carbonyl (C=O) groups excluding carboxylic acids is 1. The highest BCUT2D eigenvalue weighted by atomic mass is 32.1. The highest BCUT2D eigenvalue weighted by Crippen LogP contribution is 2.18. The lowest BCUT2D eigenvalue weighted by Gasteiger charge is -2.28. The van der Waals surface area contributed by atoms with Gasteiger partial charge in [-0.25, -0.2) is 0 Å². The normalized spacial score (nSPS) is 25.3. The Labute approximate surface area is 99.5 Å². The summed E-state index contributed by atoms with van der Waals surface area (Å²) in [6.07, 6.45) is 3.94. The van der Waals surface area contributed by atoms with Gasteiger partial charge in [0.15, 0.2) is 0 Å². The molecular formula is C12H17NO2S. The van der Waals surface area contributed by atoms with Gasteiger partial charge in [-0.15, -0.1) is 0 Å². The molecule has 1 amide bonds. The van der Waals surface area contributed by atoms with Gasteiger partial charge in [-0.2, -0.15) is 11.3 Å². The van der Waals surface area contributed by atoms with Crippen LogP contribution in [0.4, 0.5) is 0 Å². The molecule has 1 aromatic rings. The molecule has 0 aromatic carbocycles. The van der Waals surface area contributed by atoms with E-state index in [0.29, 0.717) is 6.42 Å². The van der Waals surface area contributed by atoms with Crippen LogP contribution < -0.4 is 5.32 Å². The maximum atomic E-state index is 11.7. The Bertz CT molecular complexity index is 337. The van der Waals surface area contributed by atoms with Crippen LogP contribution in [-0.2, 0) is 11.2 Å². The summed E-state index contributed by atoms with van der Waals surface area (Å²) >= 11 is 1.60. The van der Waals surface area contributed by atoms with Gasteiger partial charge in [0, 0.05) is 0 Å². The van der Waals surface area contributed by atoms with Crippen molar-refractivity contribution in [3.05, 3.63) is 22.4 Å².